The fraction of sp³-hybridized carbons (Fsp3) is 0.538. The Morgan fingerprint density at radius 1 is 1.13 bits per heavy atom. The first-order valence-electron chi connectivity index (χ1n) is 5.85. The fourth-order valence-electron chi connectivity index (χ4n) is 2.14. The van der Waals surface area contributed by atoms with Crippen LogP contribution in [-0.4, -0.2) is 6.04 Å². The molecule has 2 fully saturated rings. The van der Waals surface area contributed by atoms with E-state index < -0.39 is 0 Å². The number of benzene rings is 1. The standard InChI is InChI=1S/C13H16BrN/c14-12-4-2-1-3-11(12)13(9-5-6-9)15-10-7-8-10/h1-4,9-10,13,15H,5-8H2. The molecule has 2 aliphatic carbocycles. The van der Waals surface area contributed by atoms with Gasteiger partial charge in [0.1, 0.15) is 0 Å². The summed E-state index contributed by atoms with van der Waals surface area (Å²) in [6, 6.07) is 10.0. The van der Waals surface area contributed by atoms with E-state index in [2.05, 4.69) is 45.5 Å². The minimum atomic E-state index is 0.591. The number of hydrogen-bond donors (Lipinski definition) is 1. The van der Waals surface area contributed by atoms with Crippen molar-refractivity contribution in [1.29, 1.82) is 0 Å². The van der Waals surface area contributed by atoms with Crippen molar-refractivity contribution in [3.63, 3.8) is 0 Å². The molecule has 0 aliphatic heterocycles. The second kappa shape index (κ2) is 3.91. The molecule has 1 aromatic carbocycles. The first-order chi connectivity index (χ1) is 7.34. The molecule has 0 heterocycles. The summed E-state index contributed by atoms with van der Waals surface area (Å²) in [5.41, 5.74) is 1.45. The third kappa shape index (κ3) is 2.26. The first kappa shape index (κ1) is 9.86. The molecule has 1 aromatic rings. The summed E-state index contributed by atoms with van der Waals surface area (Å²) in [5.74, 6) is 0.879. The summed E-state index contributed by atoms with van der Waals surface area (Å²) in [4.78, 5) is 0. The summed E-state index contributed by atoms with van der Waals surface area (Å²) in [6.07, 6.45) is 5.53. The lowest BCUT2D eigenvalue weighted by atomic mass is 10.0. The zero-order chi connectivity index (χ0) is 10.3. The molecule has 15 heavy (non-hydrogen) atoms. The fourth-order valence-corrected chi connectivity index (χ4v) is 2.67. The molecule has 3 rings (SSSR count). The molecule has 0 radical (unpaired) electrons. The number of rotatable bonds is 4. The van der Waals surface area contributed by atoms with Crippen LogP contribution in [0.15, 0.2) is 28.7 Å². The summed E-state index contributed by atoms with van der Waals surface area (Å²) in [6.45, 7) is 0. The number of hydrogen-bond acceptors (Lipinski definition) is 1. The molecule has 2 heteroatoms. The monoisotopic (exact) mass is 265 g/mol. The highest BCUT2D eigenvalue weighted by atomic mass is 79.9. The van der Waals surface area contributed by atoms with Gasteiger partial charge in [0, 0.05) is 16.6 Å². The summed E-state index contributed by atoms with van der Waals surface area (Å²) >= 11 is 3.66. The van der Waals surface area contributed by atoms with Crippen molar-refractivity contribution < 1.29 is 0 Å². The van der Waals surface area contributed by atoms with Gasteiger partial charge in [-0.2, -0.15) is 0 Å². The van der Waals surface area contributed by atoms with Crippen LogP contribution in [0.25, 0.3) is 0 Å². The Morgan fingerprint density at radius 3 is 2.47 bits per heavy atom. The van der Waals surface area contributed by atoms with Crippen molar-refractivity contribution in [3.05, 3.63) is 34.3 Å². The van der Waals surface area contributed by atoms with Crippen LogP contribution in [0.5, 0.6) is 0 Å². The average molecular weight is 266 g/mol. The maximum Gasteiger partial charge on any atom is 0.0362 e. The van der Waals surface area contributed by atoms with Gasteiger partial charge in [0.2, 0.25) is 0 Å². The van der Waals surface area contributed by atoms with Gasteiger partial charge < -0.3 is 5.32 Å². The average Bonchev–Trinajstić information content (AvgIpc) is 3.10. The third-order valence-corrected chi connectivity index (χ3v) is 4.05. The Kier molecular flexibility index (Phi) is 2.57. The SMILES string of the molecule is Brc1ccccc1C(NC1CC1)C1CC1. The third-order valence-electron chi connectivity index (χ3n) is 3.33. The van der Waals surface area contributed by atoms with Crippen molar-refractivity contribution in [2.75, 3.05) is 0 Å². The van der Waals surface area contributed by atoms with Crippen molar-refractivity contribution in [2.24, 2.45) is 5.92 Å². The van der Waals surface area contributed by atoms with Gasteiger partial charge in [-0.1, -0.05) is 34.1 Å². The van der Waals surface area contributed by atoms with E-state index in [1.165, 1.54) is 35.7 Å². The second-order valence-electron chi connectivity index (χ2n) is 4.78. The molecule has 0 amide bonds. The van der Waals surface area contributed by atoms with Crippen LogP contribution in [0.4, 0.5) is 0 Å². The smallest absolute Gasteiger partial charge is 0.0362 e. The lowest BCUT2D eigenvalue weighted by Crippen LogP contribution is -2.25. The van der Waals surface area contributed by atoms with Gasteiger partial charge in [-0.05, 0) is 43.2 Å². The van der Waals surface area contributed by atoms with E-state index in [9.17, 15) is 0 Å². The molecular weight excluding hydrogens is 250 g/mol. The second-order valence-corrected chi connectivity index (χ2v) is 5.63. The van der Waals surface area contributed by atoms with E-state index in [0.29, 0.717) is 6.04 Å². The van der Waals surface area contributed by atoms with E-state index in [1.54, 1.807) is 0 Å². The van der Waals surface area contributed by atoms with Crippen molar-refractivity contribution >= 4 is 15.9 Å². The molecule has 1 N–H and O–H groups in total. The Hall–Kier alpha value is -0.340. The molecule has 1 nitrogen and oxygen atoms in total. The van der Waals surface area contributed by atoms with E-state index in [0.717, 1.165) is 12.0 Å². The van der Waals surface area contributed by atoms with Gasteiger partial charge >= 0.3 is 0 Å². The van der Waals surface area contributed by atoms with Crippen LogP contribution in [0.3, 0.4) is 0 Å². The zero-order valence-corrected chi connectivity index (χ0v) is 10.3. The van der Waals surface area contributed by atoms with Crippen molar-refractivity contribution in [2.45, 2.75) is 37.8 Å². The molecule has 1 atom stereocenters. The normalized spacial score (nSPS) is 22.7. The Bertz CT molecular complexity index is 355. The highest BCUT2D eigenvalue weighted by Gasteiger charge is 2.36. The number of nitrogens with one attached hydrogen (secondary N) is 1. The van der Waals surface area contributed by atoms with Crippen LogP contribution in [-0.2, 0) is 0 Å². The lowest BCUT2D eigenvalue weighted by molar-refractivity contribution is 0.476. The van der Waals surface area contributed by atoms with Crippen LogP contribution < -0.4 is 5.32 Å². The van der Waals surface area contributed by atoms with Gasteiger partial charge in [0.25, 0.3) is 0 Å². The molecule has 0 bridgehead atoms. The van der Waals surface area contributed by atoms with Crippen LogP contribution in [0.1, 0.15) is 37.3 Å². The molecular formula is C13H16BrN. The molecule has 2 aliphatic rings. The van der Waals surface area contributed by atoms with Crippen LogP contribution >= 0.6 is 15.9 Å². The van der Waals surface area contributed by atoms with Gasteiger partial charge in [0.15, 0.2) is 0 Å². The quantitative estimate of drug-likeness (QED) is 0.877. The van der Waals surface area contributed by atoms with Gasteiger partial charge in [0.05, 0.1) is 0 Å². The van der Waals surface area contributed by atoms with E-state index in [-0.39, 0.29) is 0 Å². The first-order valence-corrected chi connectivity index (χ1v) is 6.64. The van der Waals surface area contributed by atoms with E-state index in [1.807, 2.05) is 0 Å². The Balaban J connectivity index is 1.83. The number of halogens is 1. The highest BCUT2D eigenvalue weighted by Crippen LogP contribution is 2.44. The summed E-state index contributed by atoms with van der Waals surface area (Å²) in [5, 5.41) is 3.78. The molecule has 0 saturated heterocycles. The Morgan fingerprint density at radius 2 is 1.87 bits per heavy atom. The van der Waals surface area contributed by atoms with Crippen molar-refractivity contribution in [1.82, 2.24) is 5.32 Å². The minimum Gasteiger partial charge on any atom is -0.307 e. The molecule has 80 valence electrons. The molecule has 1 unspecified atom stereocenters. The topological polar surface area (TPSA) is 12.0 Å². The van der Waals surface area contributed by atoms with Gasteiger partial charge in [-0.25, -0.2) is 0 Å². The summed E-state index contributed by atoms with van der Waals surface area (Å²) < 4.78 is 1.26. The van der Waals surface area contributed by atoms with Gasteiger partial charge in [-0.15, -0.1) is 0 Å². The molecule has 0 spiro atoms. The zero-order valence-electron chi connectivity index (χ0n) is 8.75. The Labute approximate surface area is 99.4 Å². The predicted octanol–water partition coefficient (Wildman–Crippen LogP) is 3.65. The highest BCUT2D eigenvalue weighted by molar-refractivity contribution is 9.10. The maximum absolute atomic E-state index is 3.78. The summed E-state index contributed by atoms with van der Waals surface area (Å²) in [7, 11) is 0. The van der Waals surface area contributed by atoms with Gasteiger partial charge in [-0.3, -0.25) is 0 Å². The minimum absolute atomic E-state index is 0.591. The molecule has 2 saturated carbocycles. The molecule has 0 aromatic heterocycles. The van der Waals surface area contributed by atoms with E-state index in [4.69, 9.17) is 0 Å². The van der Waals surface area contributed by atoms with Crippen LogP contribution in [0, 0.1) is 5.92 Å². The largest absolute Gasteiger partial charge is 0.307 e. The van der Waals surface area contributed by atoms with Crippen molar-refractivity contribution in [3.8, 4) is 0 Å². The van der Waals surface area contributed by atoms with E-state index >= 15 is 0 Å². The van der Waals surface area contributed by atoms with Crippen LogP contribution in [0.2, 0.25) is 0 Å². The lowest BCUT2D eigenvalue weighted by Gasteiger charge is -2.19. The maximum atomic E-state index is 3.78. The predicted molar refractivity (Wildman–Crippen MR) is 65.8 cm³/mol.